The molecule has 2 aromatic heterocycles. The molecule has 0 amide bonds. The van der Waals surface area contributed by atoms with Gasteiger partial charge in [0, 0.05) is 35.6 Å². The third-order valence-corrected chi connectivity index (χ3v) is 6.25. The highest BCUT2D eigenvalue weighted by molar-refractivity contribution is 5.93. The lowest BCUT2D eigenvalue weighted by molar-refractivity contribution is -0.137. The molecule has 0 bridgehead atoms. The lowest BCUT2D eigenvalue weighted by Crippen LogP contribution is -2.34. The number of H-pyrrole nitrogens is 1. The van der Waals surface area contributed by atoms with E-state index >= 15 is 0 Å². The maximum absolute atomic E-state index is 13.6. The van der Waals surface area contributed by atoms with E-state index in [2.05, 4.69) is 60.1 Å². The van der Waals surface area contributed by atoms with E-state index < -0.39 is 23.4 Å². The summed E-state index contributed by atoms with van der Waals surface area (Å²) in [6.07, 6.45) is 2.38. The van der Waals surface area contributed by atoms with Crippen LogP contribution in [0.2, 0.25) is 0 Å². The van der Waals surface area contributed by atoms with Crippen molar-refractivity contribution in [2.45, 2.75) is 44.3 Å². The number of nitrogens with zero attached hydrogens (tertiary/aromatic N) is 1. The minimum atomic E-state index is -4.38. The summed E-state index contributed by atoms with van der Waals surface area (Å²) in [7, 11) is 0. The monoisotopic (exact) mass is 532 g/mol. The average molecular weight is 533 g/mol. The number of hydrogen-bond donors (Lipinski definition) is 3. The van der Waals surface area contributed by atoms with Crippen molar-refractivity contribution < 1.29 is 22.0 Å². The van der Waals surface area contributed by atoms with Crippen LogP contribution < -0.4 is 10.6 Å². The molecule has 1 fully saturated rings. The lowest BCUT2D eigenvalue weighted by Gasteiger charge is -2.30. The van der Waals surface area contributed by atoms with Gasteiger partial charge in [-0.1, -0.05) is 13.2 Å². The molecule has 0 unspecified atom stereocenters. The molecule has 204 valence electrons. The molecule has 0 atom stereocenters. The summed E-state index contributed by atoms with van der Waals surface area (Å²) in [5.74, 6) is -1.49. The van der Waals surface area contributed by atoms with E-state index in [1.807, 2.05) is 0 Å². The highest BCUT2D eigenvalue weighted by Gasteiger charge is 2.31. The molecular formula is C29H33F5N4. The molecule has 38 heavy (non-hydrogen) atoms. The first-order chi connectivity index (χ1) is 18.1. The van der Waals surface area contributed by atoms with E-state index in [9.17, 15) is 22.0 Å². The van der Waals surface area contributed by atoms with Crippen LogP contribution in [-0.4, -0.2) is 16.0 Å². The Bertz CT molecular complexity index is 1220. The lowest BCUT2D eigenvalue weighted by atomic mass is 9.83. The predicted molar refractivity (Wildman–Crippen MR) is 144 cm³/mol. The summed E-state index contributed by atoms with van der Waals surface area (Å²) in [4.78, 5) is 6.88. The summed E-state index contributed by atoms with van der Waals surface area (Å²) in [6.45, 7) is 20.0. The number of anilines is 1. The van der Waals surface area contributed by atoms with Crippen LogP contribution in [0.25, 0.3) is 10.9 Å². The Balaban J connectivity index is 0.00000121. The van der Waals surface area contributed by atoms with Gasteiger partial charge in [-0.25, -0.2) is 8.78 Å². The molecule has 1 aliphatic rings. The molecule has 2 heterocycles. The zero-order valence-corrected chi connectivity index (χ0v) is 21.2. The van der Waals surface area contributed by atoms with Crippen LogP contribution in [0, 0.1) is 17.6 Å². The maximum atomic E-state index is 13.6. The van der Waals surface area contributed by atoms with E-state index in [0.29, 0.717) is 46.0 Å². The van der Waals surface area contributed by atoms with Gasteiger partial charge in [0.15, 0.2) is 11.6 Å². The van der Waals surface area contributed by atoms with Gasteiger partial charge in [0.25, 0.3) is 0 Å². The topological polar surface area (TPSA) is 52.7 Å². The van der Waals surface area contributed by atoms with Crippen LogP contribution >= 0.6 is 0 Å². The summed E-state index contributed by atoms with van der Waals surface area (Å²) in [5, 5.41) is 6.96. The van der Waals surface area contributed by atoms with Crippen molar-refractivity contribution in [2.75, 3.05) is 5.32 Å². The quantitative estimate of drug-likeness (QED) is 0.163. The first kappa shape index (κ1) is 30.3. The van der Waals surface area contributed by atoms with Crippen LogP contribution in [-0.2, 0) is 12.6 Å². The van der Waals surface area contributed by atoms with Crippen LogP contribution in [0.15, 0.2) is 87.5 Å². The SMILES string of the molecule is C=C.C=C.C=C(Nc1c[nH]c2cc(F)c(F)cc12)C(=C)NC1CCC(Cc2ccc(C(F)(F)F)cn2)CC1. The number of nitrogens with one attached hydrogen (secondary N) is 3. The number of aromatic nitrogens is 2. The smallest absolute Gasteiger partial charge is 0.381 e. The van der Waals surface area contributed by atoms with Gasteiger partial charge in [-0.3, -0.25) is 4.98 Å². The Hall–Kier alpha value is -3.88. The van der Waals surface area contributed by atoms with Gasteiger partial charge < -0.3 is 15.6 Å². The second-order valence-corrected chi connectivity index (χ2v) is 8.70. The first-order valence-corrected chi connectivity index (χ1v) is 12.0. The number of benzene rings is 1. The number of hydrogen-bond acceptors (Lipinski definition) is 3. The molecule has 9 heteroatoms. The zero-order chi connectivity index (χ0) is 28.5. The molecule has 0 saturated heterocycles. The van der Waals surface area contributed by atoms with Crippen LogP contribution in [0.3, 0.4) is 0 Å². The Morgan fingerprint density at radius 2 is 1.58 bits per heavy atom. The standard InChI is InChI=1S/C25H25F5N4.2C2H4/c1-14(15(2)34-24-13-32-23-11-22(27)21(26)10-20(23)24)33-18-6-3-16(4-7-18)9-19-8-5-17(12-31-19)25(28,29)30;2*1-2/h5,8,10-13,16,18,32-34H,1-4,6-7,9H2;2*1-2H2. The predicted octanol–water partition coefficient (Wildman–Crippen LogP) is 8.29. The first-order valence-electron chi connectivity index (χ1n) is 12.0. The van der Waals surface area contributed by atoms with Gasteiger partial charge in [-0.15, -0.1) is 26.3 Å². The fourth-order valence-corrected chi connectivity index (χ4v) is 4.31. The van der Waals surface area contributed by atoms with Gasteiger partial charge in [-0.2, -0.15) is 13.2 Å². The van der Waals surface area contributed by atoms with E-state index in [4.69, 9.17) is 0 Å². The Morgan fingerprint density at radius 3 is 2.16 bits per heavy atom. The normalized spacial score (nSPS) is 16.9. The minimum Gasteiger partial charge on any atom is -0.381 e. The van der Waals surface area contributed by atoms with Crippen LogP contribution in [0.1, 0.15) is 36.9 Å². The van der Waals surface area contributed by atoms with Gasteiger partial charge in [-0.05, 0) is 56.2 Å². The zero-order valence-electron chi connectivity index (χ0n) is 21.2. The van der Waals surface area contributed by atoms with Crippen LogP contribution in [0.4, 0.5) is 27.6 Å². The van der Waals surface area contributed by atoms with E-state index in [0.717, 1.165) is 50.1 Å². The largest absolute Gasteiger partial charge is 0.417 e. The summed E-state index contributed by atoms with van der Waals surface area (Å²) >= 11 is 0. The highest BCUT2D eigenvalue weighted by Crippen LogP contribution is 2.31. The van der Waals surface area contributed by atoms with Crippen LogP contribution in [0.5, 0.6) is 0 Å². The van der Waals surface area contributed by atoms with Gasteiger partial charge >= 0.3 is 6.18 Å². The van der Waals surface area contributed by atoms with Crippen molar-refractivity contribution in [3.63, 3.8) is 0 Å². The number of alkyl halides is 3. The van der Waals surface area contributed by atoms with Gasteiger partial charge in [0.1, 0.15) is 0 Å². The van der Waals surface area contributed by atoms with Crippen molar-refractivity contribution >= 4 is 16.6 Å². The second-order valence-electron chi connectivity index (χ2n) is 8.70. The van der Waals surface area contributed by atoms with Crippen molar-refractivity contribution in [3.8, 4) is 0 Å². The van der Waals surface area contributed by atoms with Crippen molar-refractivity contribution in [1.29, 1.82) is 0 Å². The molecule has 3 aromatic rings. The fourth-order valence-electron chi connectivity index (χ4n) is 4.31. The van der Waals surface area contributed by atoms with Crippen molar-refractivity contribution in [2.24, 2.45) is 5.92 Å². The van der Waals surface area contributed by atoms with Crippen molar-refractivity contribution in [1.82, 2.24) is 15.3 Å². The summed E-state index contributed by atoms with van der Waals surface area (Å²) < 4.78 is 65.1. The highest BCUT2D eigenvalue weighted by atomic mass is 19.4. The number of pyridine rings is 1. The molecule has 4 rings (SSSR count). The third-order valence-electron chi connectivity index (χ3n) is 6.25. The minimum absolute atomic E-state index is 0.192. The molecule has 1 saturated carbocycles. The Labute approximate surface area is 220 Å². The molecule has 1 aromatic carbocycles. The van der Waals surface area contributed by atoms with E-state index in [1.54, 1.807) is 6.20 Å². The number of aromatic amines is 1. The van der Waals surface area contributed by atoms with Crippen molar-refractivity contribution in [3.05, 3.63) is 110 Å². The maximum Gasteiger partial charge on any atom is 0.417 e. The summed E-state index contributed by atoms with van der Waals surface area (Å²) in [6, 6.07) is 4.95. The number of rotatable bonds is 7. The number of fused-ring (bicyclic) bond motifs is 1. The fraction of sp³-hybridized carbons (Fsp3) is 0.276. The molecular weight excluding hydrogens is 499 g/mol. The molecule has 3 N–H and O–H groups in total. The van der Waals surface area contributed by atoms with Gasteiger partial charge in [0.2, 0.25) is 0 Å². The average Bonchev–Trinajstić information content (AvgIpc) is 3.28. The van der Waals surface area contributed by atoms with E-state index in [1.165, 1.54) is 6.07 Å². The summed E-state index contributed by atoms with van der Waals surface area (Å²) in [5.41, 5.74) is 2.08. The third kappa shape index (κ3) is 7.81. The molecule has 4 nitrogen and oxygen atoms in total. The molecule has 0 radical (unpaired) electrons. The molecule has 1 aliphatic carbocycles. The Kier molecular flexibility index (Phi) is 10.9. The van der Waals surface area contributed by atoms with E-state index in [-0.39, 0.29) is 6.04 Å². The van der Waals surface area contributed by atoms with Gasteiger partial charge in [0.05, 0.1) is 28.2 Å². The molecule has 0 aliphatic heterocycles. The number of halogens is 5. The second kappa shape index (κ2) is 13.6. The Morgan fingerprint density at radius 1 is 0.947 bits per heavy atom. The molecule has 0 spiro atoms.